The van der Waals surface area contributed by atoms with Gasteiger partial charge in [-0.15, -0.1) is 0 Å². The maximum atomic E-state index is 2.41. The molecule has 0 N–H and O–H groups in total. The molecule has 2 aliphatic rings. The van der Waals surface area contributed by atoms with Crippen LogP contribution in [0.1, 0.15) is 11.1 Å². The Morgan fingerprint density at radius 1 is 1.00 bits per heavy atom. The van der Waals surface area contributed by atoms with Crippen LogP contribution in [0.15, 0.2) is 12.1 Å². The van der Waals surface area contributed by atoms with Crippen molar-refractivity contribution in [3.63, 3.8) is 0 Å². The first-order valence-corrected chi connectivity index (χ1v) is 5.34. The molecular formula is C12H16N2. The molecule has 0 atom stereocenters. The van der Waals surface area contributed by atoms with Crippen LogP contribution in [0.25, 0.3) is 0 Å². The molecule has 0 bridgehead atoms. The molecule has 74 valence electrons. The maximum absolute atomic E-state index is 2.41. The van der Waals surface area contributed by atoms with Crippen molar-refractivity contribution in [3.05, 3.63) is 23.3 Å². The zero-order valence-electron chi connectivity index (χ0n) is 8.88. The van der Waals surface area contributed by atoms with E-state index in [2.05, 4.69) is 36.0 Å². The monoisotopic (exact) mass is 188 g/mol. The van der Waals surface area contributed by atoms with Crippen molar-refractivity contribution in [1.82, 2.24) is 0 Å². The van der Waals surface area contributed by atoms with Gasteiger partial charge in [-0.2, -0.15) is 0 Å². The number of fused-ring (bicyclic) bond motifs is 3. The summed E-state index contributed by atoms with van der Waals surface area (Å²) in [5.41, 5.74) is 6.08. The lowest BCUT2D eigenvalue weighted by atomic mass is 10.1. The maximum Gasteiger partial charge on any atom is 0.0451 e. The fraction of sp³-hybridized carbons (Fsp3) is 0.500. The SMILES string of the molecule is CN1CCc2c1ccc1c2N(C)CC1. The molecule has 0 aliphatic carbocycles. The van der Waals surface area contributed by atoms with E-state index in [1.54, 1.807) is 11.1 Å². The first-order valence-electron chi connectivity index (χ1n) is 5.34. The van der Waals surface area contributed by atoms with Crippen LogP contribution >= 0.6 is 0 Å². The van der Waals surface area contributed by atoms with Gasteiger partial charge in [-0.3, -0.25) is 0 Å². The zero-order valence-corrected chi connectivity index (χ0v) is 8.88. The zero-order chi connectivity index (χ0) is 9.71. The highest BCUT2D eigenvalue weighted by Gasteiger charge is 2.26. The largest absolute Gasteiger partial charge is 0.374 e. The van der Waals surface area contributed by atoms with Crippen molar-refractivity contribution in [2.75, 3.05) is 37.0 Å². The average Bonchev–Trinajstić information content (AvgIpc) is 2.72. The summed E-state index contributed by atoms with van der Waals surface area (Å²) in [5.74, 6) is 0. The van der Waals surface area contributed by atoms with Gasteiger partial charge < -0.3 is 9.80 Å². The smallest absolute Gasteiger partial charge is 0.0451 e. The van der Waals surface area contributed by atoms with Crippen LogP contribution in [0, 0.1) is 0 Å². The van der Waals surface area contributed by atoms with Crippen LogP contribution < -0.4 is 9.80 Å². The standard InChI is InChI=1S/C12H16N2/c1-13-8-6-10-11(13)4-3-9-5-7-14(2)12(9)10/h3-4H,5-8H2,1-2H3. The molecule has 0 fully saturated rings. The summed E-state index contributed by atoms with van der Waals surface area (Å²) in [4.78, 5) is 4.77. The highest BCUT2D eigenvalue weighted by Crippen LogP contribution is 2.39. The van der Waals surface area contributed by atoms with E-state index in [4.69, 9.17) is 0 Å². The minimum absolute atomic E-state index is 1.18. The first kappa shape index (κ1) is 8.16. The van der Waals surface area contributed by atoms with Gasteiger partial charge in [0.25, 0.3) is 0 Å². The molecule has 0 saturated carbocycles. The summed E-state index contributed by atoms with van der Waals surface area (Å²) >= 11 is 0. The summed E-state index contributed by atoms with van der Waals surface area (Å²) in [6.07, 6.45) is 2.45. The van der Waals surface area contributed by atoms with Crippen LogP contribution in [0.2, 0.25) is 0 Å². The molecule has 2 nitrogen and oxygen atoms in total. The third-order valence-corrected chi connectivity index (χ3v) is 3.55. The Labute approximate surface area is 85.1 Å². The van der Waals surface area contributed by atoms with Crippen LogP contribution in [-0.4, -0.2) is 27.2 Å². The lowest BCUT2D eigenvalue weighted by Gasteiger charge is -2.17. The Hall–Kier alpha value is -1.18. The van der Waals surface area contributed by atoms with E-state index in [1.165, 1.54) is 37.3 Å². The summed E-state index contributed by atoms with van der Waals surface area (Å²) in [7, 11) is 4.40. The molecule has 0 radical (unpaired) electrons. The number of anilines is 2. The van der Waals surface area contributed by atoms with Gasteiger partial charge in [0.2, 0.25) is 0 Å². The van der Waals surface area contributed by atoms with E-state index < -0.39 is 0 Å². The molecule has 2 heteroatoms. The van der Waals surface area contributed by atoms with Crippen LogP contribution in [0.4, 0.5) is 11.4 Å². The Kier molecular flexibility index (Phi) is 1.55. The Balaban J connectivity index is 2.21. The van der Waals surface area contributed by atoms with Gasteiger partial charge >= 0.3 is 0 Å². The predicted molar refractivity (Wildman–Crippen MR) is 60.4 cm³/mol. The Bertz CT molecular complexity index is 384. The number of hydrogen-bond donors (Lipinski definition) is 0. The molecule has 1 aromatic rings. The average molecular weight is 188 g/mol. The molecule has 0 aromatic heterocycles. The molecule has 0 spiro atoms. The van der Waals surface area contributed by atoms with Gasteiger partial charge in [0, 0.05) is 44.1 Å². The number of hydrogen-bond acceptors (Lipinski definition) is 2. The Morgan fingerprint density at radius 2 is 1.79 bits per heavy atom. The second kappa shape index (κ2) is 2.66. The normalized spacial score (nSPS) is 18.7. The molecule has 3 rings (SSSR count). The van der Waals surface area contributed by atoms with Gasteiger partial charge in [0.05, 0.1) is 0 Å². The van der Waals surface area contributed by atoms with E-state index in [9.17, 15) is 0 Å². The molecular weight excluding hydrogens is 172 g/mol. The van der Waals surface area contributed by atoms with E-state index >= 15 is 0 Å². The van der Waals surface area contributed by atoms with E-state index in [1.807, 2.05) is 0 Å². The third kappa shape index (κ3) is 0.912. The van der Waals surface area contributed by atoms with Crippen LogP contribution in [0.3, 0.4) is 0 Å². The van der Waals surface area contributed by atoms with Gasteiger partial charge in [-0.1, -0.05) is 6.07 Å². The Morgan fingerprint density at radius 3 is 2.64 bits per heavy atom. The lowest BCUT2D eigenvalue weighted by molar-refractivity contribution is 0.936. The molecule has 1 aromatic carbocycles. The highest BCUT2D eigenvalue weighted by molar-refractivity contribution is 5.75. The van der Waals surface area contributed by atoms with E-state index in [-0.39, 0.29) is 0 Å². The molecule has 2 heterocycles. The molecule has 0 unspecified atom stereocenters. The van der Waals surface area contributed by atoms with Gasteiger partial charge in [-0.25, -0.2) is 0 Å². The summed E-state index contributed by atoms with van der Waals surface area (Å²) in [6.45, 7) is 2.37. The minimum atomic E-state index is 1.18. The second-order valence-electron chi connectivity index (χ2n) is 4.41. The van der Waals surface area contributed by atoms with Gasteiger partial charge in [-0.05, 0) is 24.5 Å². The number of likely N-dealkylation sites (N-methyl/N-ethyl adjacent to an activating group) is 2. The fourth-order valence-corrected chi connectivity index (χ4v) is 2.76. The highest BCUT2D eigenvalue weighted by atomic mass is 15.2. The van der Waals surface area contributed by atoms with Crippen molar-refractivity contribution in [2.24, 2.45) is 0 Å². The van der Waals surface area contributed by atoms with Crippen LogP contribution in [-0.2, 0) is 12.8 Å². The van der Waals surface area contributed by atoms with Crippen LogP contribution in [0.5, 0.6) is 0 Å². The van der Waals surface area contributed by atoms with Gasteiger partial charge in [0.1, 0.15) is 0 Å². The lowest BCUT2D eigenvalue weighted by Crippen LogP contribution is -2.14. The van der Waals surface area contributed by atoms with Crippen molar-refractivity contribution in [3.8, 4) is 0 Å². The van der Waals surface area contributed by atoms with Crippen molar-refractivity contribution in [1.29, 1.82) is 0 Å². The predicted octanol–water partition coefficient (Wildman–Crippen LogP) is 1.67. The number of benzene rings is 1. The summed E-state index contributed by atoms with van der Waals surface area (Å²) < 4.78 is 0. The third-order valence-electron chi connectivity index (χ3n) is 3.55. The van der Waals surface area contributed by atoms with Crippen molar-refractivity contribution in [2.45, 2.75) is 12.8 Å². The van der Waals surface area contributed by atoms with Crippen molar-refractivity contribution >= 4 is 11.4 Å². The molecule has 2 aliphatic heterocycles. The minimum Gasteiger partial charge on any atom is -0.374 e. The first-order chi connectivity index (χ1) is 6.77. The number of rotatable bonds is 0. The molecule has 14 heavy (non-hydrogen) atoms. The fourth-order valence-electron chi connectivity index (χ4n) is 2.76. The van der Waals surface area contributed by atoms with Crippen molar-refractivity contribution < 1.29 is 0 Å². The molecule has 0 saturated heterocycles. The van der Waals surface area contributed by atoms with E-state index in [0.29, 0.717) is 0 Å². The second-order valence-corrected chi connectivity index (χ2v) is 4.41. The summed E-state index contributed by atoms with van der Waals surface area (Å²) in [5, 5.41) is 0. The topological polar surface area (TPSA) is 6.48 Å². The van der Waals surface area contributed by atoms with Gasteiger partial charge in [0.15, 0.2) is 0 Å². The summed E-state index contributed by atoms with van der Waals surface area (Å²) in [6, 6.07) is 4.60. The number of nitrogens with zero attached hydrogens (tertiary/aromatic N) is 2. The quantitative estimate of drug-likeness (QED) is 0.611. The van der Waals surface area contributed by atoms with E-state index in [0.717, 1.165) is 0 Å². The molecule has 0 amide bonds.